The van der Waals surface area contributed by atoms with Crippen LogP contribution >= 0.6 is 0 Å². The van der Waals surface area contributed by atoms with Crippen LogP contribution in [0.25, 0.3) is 0 Å². The molecular weight excluding hydrogens is 286 g/mol. The predicted octanol–water partition coefficient (Wildman–Crippen LogP) is 3.87. The normalized spacial score (nSPS) is 20.9. The molecule has 23 heavy (non-hydrogen) atoms. The largest absolute Gasteiger partial charge is 0.337 e. The Morgan fingerprint density at radius 3 is 2.61 bits per heavy atom. The second kappa shape index (κ2) is 6.57. The fourth-order valence-electron chi connectivity index (χ4n) is 3.56. The molecule has 4 heteroatoms. The SMILES string of the molecule is CC(C)n1ccc(C(=O)N(C)[C@@H]2CCC[C@H]2c2ccccc2)n1. The van der Waals surface area contributed by atoms with E-state index in [2.05, 4.69) is 43.2 Å². The molecule has 1 aliphatic rings. The van der Waals surface area contributed by atoms with Crippen LogP contribution in [0.3, 0.4) is 0 Å². The van der Waals surface area contributed by atoms with Gasteiger partial charge in [-0.05, 0) is 38.3 Å². The molecule has 0 aliphatic heterocycles. The van der Waals surface area contributed by atoms with E-state index in [1.807, 2.05) is 35.0 Å². The van der Waals surface area contributed by atoms with E-state index in [1.165, 1.54) is 12.0 Å². The monoisotopic (exact) mass is 311 g/mol. The summed E-state index contributed by atoms with van der Waals surface area (Å²) in [4.78, 5) is 14.7. The molecule has 1 fully saturated rings. The molecule has 0 bridgehead atoms. The Bertz CT molecular complexity index is 662. The van der Waals surface area contributed by atoms with Crippen molar-refractivity contribution in [1.29, 1.82) is 0 Å². The van der Waals surface area contributed by atoms with Crippen molar-refractivity contribution in [3.63, 3.8) is 0 Å². The minimum absolute atomic E-state index is 0.0252. The van der Waals surface area contributed by atoms with E-state index >= 15 is 0 Å². The van der Waals surface area contributed by atoms with Gasteiger partial charge in [0.15, 0.2) is 0 Å². The Kier molecular flexibility index (Phi) is 4.51. The van der Waals surface area contributed by atoms with Gasteiger partial charge in [0.05, 0.1) is 0 Å². The molecule has 0 saturated heterocycles. The van der Waals surface area contributed by atoms with Crippen LogP contribution < -0.4 is 0 Å². The molecule has 4 nitrogen and oxygen atoms in total. The maximum absolute atomic E-state index is 12.8. The lowest BCUT2D eigenvalue weighted by Gasteiger charge is -2.29. The molecule has 2 aromatic rings. The highest BCUT2D eigenvalue weighted by Gasteiger charge is 2.34. The molecule has 1 amide bonds. The van der Waals surface area contributed by atoms with Gasteiger partial charge >= 0.3 is 0 Å². The number of rotatable bonds is 4. The molecule has 1 saturated carbocycles. The van der Waals surface area contributed by atoms with Crippen LogP contribution in [-0.4, -0.2) is 33.7 Å². The third kappa shape index (κ3) is 3.16. The van der Waals surface area contributed by atoms with Crippen LogP contribution in [0.15, 0.2) is 42.6 Å². The Morgan fingerprint density at radius 2 is 1.96 bits per heavy atom. The van der Waals surface area contributed by atoms with Crippen molar-refractivity contribution < 1.29 is 4.79 Å². The highest BCUT2D eigenvalue weighted by atomic mass is 16.2. The molecular formula is C19H25N3O. The van der Waals surface area contributed by atoms with E-state index in [0.29, 0.717) is 11.6 Å². The van der Waals surface area contributed by atoms with Crippen LogP contribution in [0, 0.1) is 0 Å². The first-order chi connectivity index (χ1) is 11.1. The van der Waals surface area contributed by atoms with Crippen LogP contribution in [0.2, 0.25) is 0 Å². The smallest absolute Gasteiger partial charge is 0.274 e. The lowest BCUT2D eigenvalue weighted by molar-refractivity contribution is 0.0715. The minimum Gasteiger partial charge on any atom is -0.337 e. The predicted molar refractivity (Wildman–Crippen MR) is 91.5 cm³/mol. The molecule has 1 heterocycles. The van der Waals surface area contributed by atoms with Gasteiger partial charge in [-0.15, -0.1) is 0 Å². The summed E-state index contributed by atoms with van der Waals surface area (Å²) in [7, 11) is 1.92. The average molecular weight is 311 g/mol. The molecule has 0 radical (unpaired) electrons. The number of amides is 1. The summed E-state index contributed by atoms with van der Waals surface area (Å²) >= 11 is 0. The Morgan fingerprint density at radius 1 is 1.22 bits per heavy atom. The first kappa shape index (κ1) is 15.8. The van der Waals surface area contributed by atoms with Crippen molar-refractivity contribution in [2.45, 2.75) is 51.1 Å². The van der Waals surface area contributed by atoms with Gasteiger partial charge < -0.3 is 4.90 Å². The third-order valence-corrected chi connectivity index (χ3v) is 4.88. The lowest BCUT2D eigenvalue weighted by atomic mass is 9.93. The van der Waals surface area contributed by atoms with Crippen molar-refractivity contribution in [1.82, 2.24) is 14.7 Å². The number of aromatic nitrogens is 2. The van der Waals surface area contributed by atoms with E-state index in [4.69, 9.17) is 0 Å². The van der Waals surface area contributed by atoms with E-state index in [0.717, 1.165) is 12.8 Å². The maximum atomic E-state index is 12.8. The van der Waals surface area contributed by atoms with Crippen molar-refractivity contribution >= 4 is 5.91 Å². The molecule has 1 aromatic heterocycles. The highest BCUT2D eigenvalue weighted by molar-refractivity contribution is 5.92. The summed E-state index contributed by atoms with van der Waals surface area (Å²) in [5.41, 5.74) is 1.88. The summed E-state index contributed by atoms with van der Waals surface area (Å²) in [6, 6.07) is 12.9. The number of carbonyl (C=O) groups excluding carboxylic acids is 1. The zero-order valence-electron chi connectivity index (χ0n) is 14.1. The fraction of sp³-hybridized carbons (Fsp3) is 0.474. The summed E-state index contributed by atoms with van der Waals surface area (Å²) in [6.07, 6.45) is 5.26. The van der Waals surface area contributed by atoms with Crippen molar-refractivity contribution in [2.24, 2.45) is 0 Å². The number of carbonyl (C=O) groups is 1. The van der Waals surface area contributed by atoms with Crippen molar-refractivity contribution in [2.75, 3.05) is 7.05 Å². The maximum Gasteiger partial charge on any atom is 0.274 e. The van der Waals surface area contributed by atoms with Gasteiger partial charge in [0.1, 0.15) is 5.69 Å². The molecule has 3 rings (SSSR count). The van der Waals surface area contributed by atoms with Crippen LogP contribution in [0.5, 0.6) is 0 Å². The highest BCUT2D eigenvalue weighted by Crippen LogP contribution is 2.37. The number of nitrogens with zero attached hydrogens (tertiary/aromatic N) is 3. The van der Waals surface area contributed by atoms with Gasteiger partial charge in [-0.2, -0.15) is 5.10 Å². The van der Waals surface area contributed by atoms with Gasteiger partial charge in [-0.25, -0.2) is 0 Å². The molecule has 1 aromatic carbocycles. The van der Waals surface area contributed by atoms with Gasteiger partial charge in [-0.1, -0.05) is 36.8 Å². The first-order valence-electron chi connectivity index (χ1n) is 8.45. The number of benzene rings is 1. The second-order valence-corrected chi connectivity index (χ2v) is 6.71. The molecule has 0 unspecified atom stereocenters. The van der Waals surface area contributed by atoms with Crippen LogP contribution in [0.4, 0.5) is 0 Å². The standard InChI is InChI=1S/C19H25N3O/c1-14(2)22-13-12-17(20-22)19(23)21(3)18-11-7-10-16(18)15-8-5-4-6-9-15/h4-6,8-9,12-14,16,18H,7,10-11H2,1-3H3/t16-,18+/m0/s1. The van der Waals surface area contributed by atoms with E-state index in [9.17, 15) is 4.79 Å². The fourth-order valence-corrected chi connectivity index (χ4v) is 3.56. The lowest BCUT2D eigenvalue weighted by Crippen LogP contribution is -2.38. The Labute approximate surface area is 138 Å². The van der Waals surface area contributed by atoms with E-state index in [-0.39, 0.29) is 18.0 Å². The van der Waals surface area contributed by atoms with Crippen molar-refractivity contribution in [3.05, 3.63) is 53.9 Å². The molecule has 1 aliphatic carbocycles. The average Bonchev–Trinajstić information content (AvgIpc) is 3.23. The third-order valence-electron chi connectivity index (χ3n) is 4.88. The van der Waals surface area contributed by atoms with Gasteiger partial charge in [0, 0.05) is 31.2 Å². The number of likely N-dealkylation sites (N-methyl/N-ethyl adjacent to an activating group) is 1. The van der Waals surface area contributed by atoms with E-state index < -0.39 is 0 Å². The number of hydrogen-bond donors (Lipinski definition) is 0. The van der Waals surface area contributed by atoms with Crippen LogP contribution in [0.1, 0.15) is 61.1 Å². The summed E-state index contributed by atoms with van der Waals surface area (Å²) < 4.78 is 1.84. The number of hydrogen-bond acceptors (Lipinski definition) is 2. The summed E-state index contributed by atoms with van der Waals surface area (Å²) in [5.74, 6) is 0.453. The van der Waals surface area contributed by atoms with Gasteiger partial charge in [0.2, 0.25) is 0 Å². The van der Waals surface area contributed by atoms with Gasteiger partial charge in [0.25, 0.3) is 5.91 Å². The summed E-state index contributed by atoms with van der Waals surface area (Å²) in [5, 5.41) is 4.43. The van der Waals surface area contributed by atoms with Crippen molar-refractivity contribution in [3.8, 4) is 0 Å². The minimum atomic E-state index is 0.0252. The Balaban J connectivity index is 1.78. The molecule has 0 spiro atoms. The quantitative estimate of drug-likeness (QED) is 0.859. The molecule has 0 N–H and O–H groups in total. The second-order valence-electron chi connectivity index (χ2n) is 6.71. The zero-order valence-corrected chi connectivity index (χ0v) is 14.1. The zero-order chi connectivity index (χ0) is 16.4. The van der Waals surface area contributed by atoms with E-state index in [1.54, 1.807) is 0 Å². The molecule has 2 atom stereocenters. The Hall–Kier alpha value is -2.10. The first-order valence-corrected chi connectivity index (χ1v) is 8.45. The summed E-state index contributed by atoms with van der Waals surface area (Å²) in [6.45, 7) is 4.13. The topological polar surface area (TPSA) is 38.1 Å². The van der Waals surface area contributed by atoms with Gasteiger partial charge in [-0.3, -0.25) is 9.48 Å². The van der Waals surface area contributed by atoms with Crippen LogP contribution in [-0.2, 0) is 0 Å². The molecule has 122 valence electrons.